The molecule has 1 aliphatic heterocycles. The highest BCUT2D eigenvalue weighted by Gasteiger charge is 2.29. The molecule has 0 aliphatic carbocycles. The van der Waals surface area contributed by atoms with E-state index in [1.807, 2.05) is 4.90 Å². The topological polar surface area (TPSA) is 41.6 Å². The molecule has 1 atom stereocenters. The number of carbonyl (C=O) groups is 1. The van der Waals surface area contributed by atoms with E-state index in [0.717, 1.165) is 25.8 Å². The average Bonchev–Trinajstić information content (AvgIpc) is 3.02. The Morgan fingerprint density at radius 2 is 2.56 bits per heavy atom. The molecule has 0 aromatic carbocycles. The molecule has 0 spiro atoms. The Balaban J connectivity index is 1.85. The minimum absolute atomic E-state index is 0.0554. The molecule has 1 aliphatic rings. The third-order valence-electron chi connectivity index (χ3n) is 3.24. The zero-order valence-electron chi connectivity index (χ0n) is 10.7. The number of methoxy groups -OCH3 is 1. The van der Waals surface area contributed by atoms with Gasteiger partial charge >= 0.3 is 6.03 Å². The zero-order valence-corrected chi connectivity index (χ0v) is 11.5. The van der Waals surface area contributed by atoms with Crippen molar-refractivity contribution in [2.24, 2.45) is 0 Å². The van der Waals surface area contributed by atoms with E-state index < -0.39 is 0 Å². The molecule has 100 valence electrons. The van der Waals surface area contributed by atoms with Crippen LogP contribution in [-0.4, -0.2) is 37.7 Å². The maximum absolute atomic E-state index is 12.1. The number of rotatable bonds is 5. The monoisotopic (exact) mass is 268 g/mol. The fourth-order valence-electron chi connectivity index (χ4n) is 2.33. The lowest BCUT2D eigenvalue weighted by atomic mass is 10.1. The number of nitrogens with one attached hydrogen (secondary N) is 1. The Bertz CT molecular complexity index is 367. The van der Waals surface area contributed by atoms with Gasteiger partial charge in [0.05, 0.1) is 6.04 Å². The second-order valence-corrected chi connectivity index (χ2v) is 5.27. The van der Waals surface area contributed by atoms with Crippen molar-refractivity contribution in [3.63, 3.8) is 0 Å². The van der Waals surface area contributed by atoms with Crippen molar-refractivity contribution in [2.45, 2.75) is 25.3 Å². The van der Waals surface area contributed by atoms with Crippen LogP contribution in [0.3, 0.4) is 0 Å². The first-order valence-electron chi connectivity index (χ1n) is 6.38. The maximum atomic E-state index is 12.1. The van der Waals surface area contributed by atoms with Crippen LogP contribution in [0, 0.1) is 0 Å². The summed E-state index contributed by atoms with van der Waals surface area (Å²) >= 11 is 1.69. The minimum Gasteiger partial charge on any atom is -0.385 e. The van der Waals surface area contributed by atoms with Crippen molar-refractivity contribution in [1.29, 1.82) is 0 Å². The van der Waals surface area contributed by atoms with E-state index >= 15 is 0 Å². The molecule has 5 heteroatoms. The molecule has 0 bridgehead atoms. The Morgan fingerprint density at radius 3 is 3.28 bits per heavy atom. The molecule has 2 rings (SSSR count). The van der Waals surface area contributed by atoms with Gasteiger partial charge in [0.2, 0.25) is 0 Å². The van der Waals surface area contributed by atoms with Crippen molar-refractivity contribution < 1.29 is 9.53 Å². The van der Waals surface area contributed by atoms with Crippen molar-refractivity contribution in [3.05, 3.63) is 22.4 Å². The SMILES string of the molecule is COCCCNC(=O)N1CCC[C@H]1c1ccsc1. The predicted molar refractivity (Wildman–Crippen MR) is 72.9 cm³/mol. The van der Waals surface area contributed by atoms with Gasteiger partial charge in [-0.15, -0.1) is 0 Å². The minimum atomic E-state index is 0.0554. The largest absolute Gasteiger partial charge is 0.385 e. The van der Waals surface area contributed by atoms with Crippen LogP contribution in [0.2, 0.25) is 0 Å². The lowest BCUT2D eigenvalue weighted by Gasteiger charge is -2.24. The number of carbonyl (C=O) groups excluding carboxylic acids is 1. The number of amides is 2. The summed E-state index contributed by atoms with van der Waals surface area (Å²) in [4.78, 5) is 14.0. The molecular formula is C13H20N2O2S. The zero-order chi connectivity index (χ0) is 12.8. The van der Waals surface area contributed by atoms with Crippen LogP contribution >= 0.6 is 11.3 Å². The summed E-state index contributed by atoms with van der Waals surface area (Å²) in [6, 6.07) is 2.43. The Morgan fingerprint density at radius 1 is 1.67 bits per heavy atom. The number of hydrogen-bond acceptors (Lipinski definition) is 3. The molecule has 0 radical (unpaired) electrons. The normalized spacial score (nSPS) is 19.2. The van der Waals surface area contributed by atoms with Crippen molar-refractivity contribution >= 4 is 17.4 Å². The van der Waals surface area contributed by atoms with Gasteiger partial charge in [0.15, 0.2) is 0 Å². The quantitative estimate of drug-likeness (QED) is 0.834. The number of likely N-dealkylation sites (tertiary alicyclic amines) is 1. The first kappa shape index (κ1) is 13.4. The van der Waals surface area contributed by atoms with Crippen LogP contribution in [-0.2, 0) is 4.74 Å². The molecule has 1 aromatic rings. The average molecular weight is 268 g/mol. The summed E-state index contributed by atoms with van der Waals surface area (Å²) in [5, 5.41) is 7.17. The third-order valence-corrected chi connectivity index (χ3v) is 3.94. The molecule has 2 heterocycles. The van der Waals surface area contributed by atoms with E-state index in [1.165, 1.54) is 5.56 Å². The number of nitrogens with zero attached hydrogens (tertiary/aromatic N) is 1. The molecule has 1 saturated heterocycles. The number of thiophene rings is 1. The fourth-order valence-corrected chi connectivity index (χ4v) is 3.04. The predicted octanol–water partition coefficient (Wildman–Crippen LogP) is 2.63. The summed E-state index contributed by atoms with van der Waals surface area (Å²) in [6.45, 7) is 2.23. The van der Waals surface area contributed by atoms with Crippen LogP contribution in [0.1, 0.15) is 30.9 Å². The van der Waals surface area contributed by atoms with Gasteiger partial charge in [0.1, 0.15) is 0 Å². The van der Waals surface area contributed by atoms with Gasteiger partial charge in [-0.1, -0.05) is 0 Å². The van der Waals surface area contributed by atoms with Crippen LogP contribution in [0.4, 0.5) is 4.79 Å². The van der Waals surface area contributed by atoms with Crippen molar-refractivity contribution in [1.82, 2.24) is 10.2 Å². The Labute approximate surface area is 112 Å². The summed E-state index contributed by atoms with van der Waals surface area (Å²) < 4.78 is 4.97. The summed E-state index contributed by atoms with van der Waals surface area (Å²) in [7, 11) is 1.68. The third kappa shape index (κ3) is 3.23. The van der Waals surface area contributed by atoms with Crippen LogP contribution in [0.25, 0.3) is 0 Å². The van der Waals surface area contributed by atoms with Gasteiger partial charge in [-0.05, 0) is 41.7 Å². The van der Waals surface area contributed by atoms with Crippen molar-refractivity contribution in [3.8, 4) is 0 Å². The van der Waals surface area contributed by atoms with Crippen LogP contribution in [0.5, 0.6) is 0 Å². The van der Waals surface area contributed by atoms with Gasteiger partial charge in [-0.25, -0.2) is 4.79 Å². The second-order valence-electron chi connectivity index (χ2n) is 4.49. The fraction of sp³-hybridized carbons (Fsp3) is 0.615. The van der Waals surface area contributed by atoms with E-state index in [4.69, 9.17) is 4.74 Å². The van der Waals surface area contributed by atoms with Gasteiger partial charge in [-0.2, -0.15) is 11.3 Å². The molecule has 1 N–H and O–H groups in total. The van der Waals surface area contributed by atoms with Gasteiger partial charge in [0, 0.05) is 26.8 Å². The first-order valence-corrected chi connectivity index (χ1v) is 7.32. The number of urea groups is 1. The van der Waals surface area contributed by atoms with E-state index in [2.05, 4.69) is 22.1 Å². The standard InChI is InChI=1S/C13H20N2O2S/c1-17-8-3-6-14-13(16)15-7-2-4-12(15)11-5-9-18-10-11/h5,9-10,12H,2-4,6-8H2,1H3,(H,14,16)/t12-/m0/s1. The molecule has 18 heavy (non-hydrogen) atoms. The van der Waals surface area contributed by atoms with E-state index in [-0.39, 0.29) is 12.1 Å². The maximum Gasteiger partial charge on any atom is 0.317 e. The molecule has 1 aromatic heterocycles. The van der Waals surface area contributed by atoms with Crippen LogP contribution < -0.4 is 5.32 Å². The smallest absolute Gasteiger partial charge is 0.317 e. The molecular weight excluding hydrogens is 248 g/mol. The van der Waals surface area contributed by atoms with Crippen molar-refractivity contribution in [2.75, 3.05) is 26.8 Å². The summed E-state index contributed by atoms with van der Waals surface area (Å²) in [6.07, 6.45) is 3.02. The number of ether oxygens (including phenoxy) is 1. The van der Waals surface area contributed by atoms with E-state index in [9.17, 15) is 4.79 Å². The molecule has 2 amide bonds. The molecule has 1 fully saturated rings. The van der Waals surface area contributed by atoms with Crippen LogP contribution in [0.15, 0.2) is 16.8 Å². The van der Waals surface area contributed by atoms with Gasteiger partial charge in [-0.3, -0.25) is 0 Å². The van der Waals surface area contributed by atoms with E-state index in [1.54, 1.807) is 18.4 Å². The highest BCUT2D eigenvalue weighted by atomic mass is 32.1. The highest BCUT2D eigenvalue weighted by molar-refractivity contribution is 7.07. The van der Waals surface area contributed by atoms with E-state index in [0.29, 0.717) is 13.2 Å². The number of hydrogen-bond donors (Lipinski definition) is 1. The Hall–Kier alpha value is -1.07. The molecule has 4 nitrogen and oxygen atoms in total. The lowest BCUT2D eigenvalue weighted by Crippen LogP contribution is -2.40. The van der Waals surface area contributed by atoms with Gasteiger partial charge in [0.25, 0.3) is 0 Å². The molecule has 0 unspecified atom stereocenters. The lowest BCUT2D eigenvalue weighted by molar-refractivity contribution is 0.182. The summed E-state index contributed by atoms with van der Waals surface area (Å²) in [5.41, 5.74) is 1.27. The first-order chi connectivity index (χ1) is 8.83. The second kappa shape index (κ2) is 6.75. The molecule has 0 saturated carbocycles. The highest BCUT2D eigenvalue weighted by Crippen LogP contribution is 2.32. The Kier molecular flexibility index (Phi) is 5.01. The van der Waals surface area contributed by atoms with Gasteiger partial charge < -0.3 is 15.0 Å². The summed E-state index contributed by atoms with van der Waals surface area (Å²) in [5.74, 6) is 0.